The maximum atomic E-state index is 12.9. The van der Waals surface area contributed by atoms with Crippen LogP contribution in [0.1, 0.15) is 97.9 Å². The summed E-state index contributed by atoms with van der Waals surface area (Å²) in [6.45, 7) is 20.8. The maximum Gasteiger partial charge on any atom is 0.303 e. The topological polar surface area (TPSA) is 136 Å². The molecule has 256 valence electrons. The first-order valence-corrected chi connectivity index (χ1v) is 17.2. The van der Waals surface area contributed by atoms with E-state index < -0.39 is 5.97 Å². The molecular formula is C40H48N6O3. The van der Waals surface area contributed by atoms with Crippen LogP contribution >= 0.6 is 0 Å². The van der Waals surface area contributed by atoms with Crippen molar-refractivity contribution in [3.8, 4) is 0 Å². The van der Waals surface area contributed by atoms with E-state index in [-0.39, 0.29) is 12.3 Å². The van der Waals surface area contributed by atoms with Gasteiger partial charge in [-0.25, -0.2) is 9.97 Å². The predicted molar refractivity (Wildman–Crippen MR) is 202 cm³/mol. The molecule has 2 aliphatic rings. The lowest BCUT2D eigenvalue weighted by molar-refractivity contribution is -0.136. The lowest BCUT2D eigenvalue weighted by Crippen LogP contribution is -2.32. The van der Waals surface area contributed by atoms with Crippen LogP contribution in [0.25, 0.3) is 50.4 Å². The second kappa shape index (κ2) is 15.5. The van der Waals surface area contributed by atoms with Crippen LogP contribution in [0.3, 0.4) is 0 Å². The zero-order chi connectivity index (χ0) is 35.2. The van der Waals surface area contributed by atoms with Crippen LogP contribution in [0.15, 0.2) is 43.5 Å². The molecule has 5 rings (SSSR count). The second-order valence-corrected chi connectivity index (χ2v) is 12.8. The van der Waals surface area contributed by atoms with E-state index in [1.165, 1.54) is 0 Å². The highest BCUT2D eigenvalue weighted by molar-refractivity contribution is 5.98. The molecular weight excluding hydrogens is 612 g/mol. The number of nitrogens with one attached hydrogen (secondary N) is 4. The molecule has 0 aliphatic carbocycles. The van der Waals surface area contributed by atoms with E-state index in [1.54, 1.807) is 0 Å². The summed E-state index contributed by atoms with van der Waals surface area (Å²) in [5.41, 5.74) is 14.5. The standard InChI is InChI=1S/C40H48N6O3/c1-8-11-16-41-17-18-42-39(47)14-12-29-25(6)34-21-36-28(10-3)24(5)33(44-36)20-35-27(9-2)23(4)31(43-35)19-32-26(7)30(13-15-40(48)49)38(45-32)22-37(29)46-34/h9-10,19-22,41,43,46H,2-3,8,11-18H2,1,4-7H3,(H,42,47)(H,48,49). The number of amides is 1. The lowest BCUT2D eigenvalue weighted by Gasteiger charge is -2.07. The Morgan fingerprint density at radius 2 is 1.43 bits per heavy atom. The van der Waals surface area contributed by atoms with Crippen LogP contribution in [0.5, 0.6) is 0 Å². The van der Waals surface area contributed by atoms with Crippen molar-refractivity contribution in [3.05, 3.63) is 88.5 Å². The van der Waals surface area contributed by atoms with Crippen LogP contribution in [0.2, 0.25) is 0 Å². The van der Waals surface area contributed by atoms with Crippen LogP contribution in [-0.2, 0) is 16.0 Å². The number of aryl methyl sites for hydroxylation is 3. The monoisotopic (exact) mass is 660 g/mol. The van der Waals surface area contributed by atoms with Crippen molar-refractivity contribution in [2.45, 2.75) is 73.1 Å². The fraction of sp³-hybridized carbons (Fsp3) is 0.350. The molecule has 0 aromatic carbocycles. The van der Waals surface area contributed by atoms with Gasteiger partial charge in [-0.1, -0.05) is 38.7 Å². The Bertz CT molecular complexity index is 2040. The number of H-pyrrole nitrogens is 2. The molecule has 8 bridgehead atoms. The molecule has 0 saturated carbocycles. The normalized spacial score (nSPS) is 12.8. The van der Waals surface area contributed by atoms with Crippen molar-refractivity contribution in [2.24, 2.45) is 0 Å². The Kier molecular flexibility index (Phi) is 11.1. The third kappa shape index (κ3) is 7.67. The van der Waals surface area contributed by atoms with Gasteiger partial charge < -0.3 is 25.7 Å². The molecule has 1 amide bonds. The minimum absolute atomic E-state index is 0.00378. The number of carboxylic acid groups (broad SMARTS) is 1. The van der Waals surface area contributed by atoms with Gasteiger partial charge in [0.1, 0.15) is 0 Å². The van der Waals surface area contributed by atoms with Gasteiger partial charge in [-0.3, -0.25) is 9.59 Å². The number of fused-ring (bicyclic) bond motifs is 8. The van der Waals surface area contributed by atoms with Crippen molar-refractivity contribution in [1.82, 2.24) is 30.6 Å². The van der Waals surface area contributed by atoms with Crippen LogP contribution in [0.4, 0.5) is 0 Å². The van der Waals surface area contributed by atoms with Crippen LogP contribution in [0, 0.1) is 13.8 Å². The van der Waals surface area contributed by atoms with Crippen LogP contribution in [-0.4, -0.2) is 56.6 Å². The average Bonchev–Trinajstić information content (AvgIpc) is 3.73. The molecule has 3 aromatic heterocycles. The number of allylic oxidation sites excluding steroid dienone is 5. The molecule has 5 N–H and O–H groups in total. The first-order valence-electron chi connectivity index (χ1n) is 17.2. The van der Waals surface area contributed by atoms with Gasteiger partial charge in [0.2, 0.25) is 5.91 Å². The predicted octanol–water partition coefficient (Wildman–Crippen LogP) is 7.93. The third-order valence-electron chi connectivity index (χ3n) is 9.57. The fourth-order valence-corrected chi connectivity index (χ4v) is 6.58. The number of aromatic amines is 2. The number of hydrogen-bond donors (Lipinski definition) is 5. The number of hydrogen-bond acceptors (Lipinski definition) is 5. The molecule has 0 atom stereocenters. The Hall–Kier alpha value is -5.02. The number of rotatable bonds is 14. The average molecular weight is 661 g/mol. The molecule has 5 heterocycles. The lowest BCUT2D eigenvalue weighted by atomic mass is 10.00. The van der Waals surface area contributed by atoms with E-state index in [1.807, 2.05) is 43.3 Å². The second-order valence-electron chi connectivity index (χ2n) is 12.8. The van der Waals surface area contributed by atoms with E-state index in [4.69, 9.17) is 9.97 Å². The SMILES string of the molecule is C=CC1=C(C)c2cc3[nH]c(cc4nc(cc5[nH]c(cc1n2)c(C)c5CCC(=O)NCCNCCCC)C(CCC(=O)O)=C4C)c(C)c3C=C. The zero-order valence-electron chi connectivity index (χ0n) is 29.4. The van der Waals surface area contributed by atoms with Crippen molar-refractivity contribution < 1.29 is 14.7 Å². The van der Waals surface area contributed by atoms with E-state index >= 15 is 0 Å². The molecule has 9 nitrogen and oxygen atoms in total. The Morgan fingerprint density at radius 3 is 2.14 bits per heavy atom. The number of unbranched alkanes of at least 4 members (excludes halogenated alkanes) is 1. The summed E-state index contributed by atoms with van der Waals surface area (Å²) in [6.07, 6.45) is 7.13. The van der Waals surface area contributed by atoms with Gasteiger partial charge in [-0.15, -0.1) is 0 Å². The molecule has 0 saturated heterocycles. The highest BCUT2D eigenvalue weighted by atomic mass is 16.4. The summed E-state index contributed by atoms with van der Waals surface area (Å²) < 4.78 is 0. The van der Waals surface area contributed by atoms with Gasteiger partial charge in [-0.05, 0) is 111 Å². The summed E-state index contributed by atoms with van der Waals surface area (Å²) in [4.78, 5) is 41.9. The van der Waals surface area contributed by atoms with Gasteiger partial charge in [0.05, 0.1) is 22.8 Å². The Morgan fingerprint density at radius 1 is 0.776 bits per heavy atom. The molecule has 0 spiro atoms. The number of carbonyl (C=O) groups excluding carboxylic acids is 1. The van der Waals surface area contributed by atoms with Crippen molar-refractivity contribution in [1.29, 1.82) is 0 Å². The number of aliphatic carboxylic acids is 1. The molecule has 0 radical (unpaired) electrons. The summed E-state index contributed by atoms with van der Waals surface area (Å²) in [7, 11) is 0. The first kappa shape index (κ1) is 35.3. The number of nitrogens with zero attached hydrogens (tertiary/aromatic N) is 2. The van der Waals surface area contributed by atoms with Crippen molar-refractivity contribution in [2.75, 3.05) is 19.6 Å². The quantitative estimate of drug-likeness (QED) is 0.112. The summed E-state index contributed by atoms with van der Waals surface area (Å²) in [5.74, 6) is -0.864. The van der Waals surface area contributed by atoms with Crippen molar-refractivity contribution in [3.63, 3.8) is 0 Å². The third-order valence-corrected chi connectivity index (χ3v) is 9.57. The molecule has 9 heteroatoms. The largest absolute Gasteiger partial charge is 0.481 e. The van der Waals surface area contributed by atoms with Gasteiger partial charge in [0.25, 0.3) is 0 Å². The molecule has 0 unspecified atom stereocenters. The highest BCUT2D eigenvalue weighted by Crippen LogP contribution is 2.36. The van der Waals surface area contributed by atoms with E-state index in [2.05, 4.69) is 61.5 Å². The van der Waals surface area contributed by atoms with Crippen LogP contribution < -0.4 is 10.6 Å². The molecule has 49 heavy (non-hydrogen) atoms. The Labute approximate surface area is 288 Å². The van der Waals surface area contributed by atoms with Gasteiger partial charge >= 0.3 is 5.97 Å². The Balaban J connectivity index is 1.70. The van der Waals surface area contributed by atoms with Gasteiger partial charge in [0, 0.05) is 59.1 Å². The minimum Gasteiger partial charge on any atom is -0.481 e. The van der Waals surface area contributed by atoms with E-state index in [9.17, 15) is 14.7 Å². The maximum absolute atomic E-state index is 12.9. The van der Waals surface area contributed by atoms with E-state index in [0.29, 0.717) is 31.5 Å². The minimum atomic E-state index is -0.860. The van der Waals surface area contributed by atoms with E-state index in [0.717, 1.165) is 110 Å². The number of aromatic nitrogens is 4. The first-order chi connectivity index (χ1) is 23.6. The number of carboxylic acids is 1. The summed E-state index contributed by atoms with van der Waals surface area (Å²) >= 11 is 0. The number of carbonyl (C=O) groups is 2. The fourth-order valence-electron chi connectivity index (χ4n) is 6.58. The molecule has 0 fully saturated rings. The summed E-state index contributed by atoms with van der Waals surface area (Å²) in [5, 5.41) is 16.0. The highest BCUT2D eigenvalue weighted by Gasteiger charge is 2.21. The molecule has 3 aromatic rings. The van der Waals surface area contributed by atoms with Crippen molar-refractivity contribution >= 4 is 62.3 Å². The zero-order valence-corrected chi connectivity index (χ0v) is 29.4. The summed E-state index contributed by atoms with van der Waals surface area (Å²) in [6, 6.07) is 8.11. The van der Waals surface area contributed by atoms with Gasteiger partial charge in [-0.2, -0.15) is 0 Å². The smallest absolute Gasteiger partial charge is 0.303 e. The van der Waals surface area contributed by atoms with Gasteiger partial charge in [0.15, 0.2) is 0 Å². The molecule has 2 aliphatic heterocycles.